The van der Waals surface area contributed by atoms with Crippen molar-refractivity contribution in [2.24, 2.45) is 0 Å². The van der Waals surface area contributed by atoms with Crippen LogP contribution in [0.4, 0.5) is 10.1 Å². The minimum absolute atomic E-state index is 0.0667. The Morgan fingerprint density at radius 2 is 2.05 bits per heavy atom. The van der Waals surface area contributed by atoms with E-state index in [1.807, 2.05) is 24.0 Å². The summed E-state index contributed by atoms with van der Waals surface area (Å²) in [6.45, 7) is 7.26. The number of ether oxygens (including phenoxy) is 1. The molecule has 0 saturated carbocycles. The molecule has 0 bridgehead atoms. The zero-order valence-electron chi connectivity index (χ0n) is 12.8. The Kier molecular flexibility index (Phi) is 5.96. The Labute approximate surface area is 125 Å². The Morgan fingerprint density at radius 3 is 2.67 bits per heavy atom. The standard InChI is InChI=1S/C16H25FN2O2/c1-12(20)5-6-18-13(2)14-3-4-16(15(17)11-14)19-7-9-21-10-8-19/h3-4,11-13,18,20H,5-10H2,1-2H3. The highest BCUT2D eigenvalue weighted by atomic mass is 19.1. The van der Waals surface area contributed by atoms with Gasteiger partial charge in [0, 0.05) is 19.1 Å². The normalized spacial score (nSPS) is 18.6. The number of hydrogen-bond acceptors (Lipinski definition) is 4. The van der Waals surface area contributed by atoms with Gasteiger partial charge in [0.15, 0.2) is 0 Å². The van der Waals surface area contributed by atoms with Gasteiger partial charge in [-0.15, -0.1) is 0 Å². The van der Waals surface area contributed by atoms with Crippen molar-refractivity contribution in [3.05, 3.63) is 29.6 Å². The second-order valence-corrected chi connectivity index (χ2v) is 5.62. The number of aliphatic hydroxyl groups is 1. The van der Waals surface area contributed by atoms with Crippen LogP contribution in [-0.2, 0) is 4.74 Å². The van der Waals surface area contributed by atoms with Crippen molar-refractivity contribution in [2.45, 2.75) is 32.4 Å². The number of benzene rings is 1. The smallest absolute Gasteiger partial charge is 0.146 e. The number of morpholine rings is 1. The van der Waals surface area contributed by atoms with E-state index in [9.17, 15) is 9.50 Å². The highest BCUT2D eigenvalue weighted by molar-refractivity contribution is 5.49. The van der Waals surface area contributed by atoms with E-state index in [0.29, 0.717) is 31.9 Å². The highest BCUT2D eigenvalue weighted by Crippen LogP contribution is 2.24. The maximum atomic E-state index is 14.3. The lowest BCUT2D eigenvalue weighted by Crippen LogP contribution is -2.36. The molecule has 4 nitrogen and oxygen atoms in total. The summed E-state index contributed by atoms with van der Waals surface area (Å²) in [6.07, 6.45) is 0.378. The second kappa shape index (κ2) is 7.73. The molecule has 2 N–H and O–H groups in total. The fraction of sp³-hybridized carbons (Fsp3) is 0.625. The number of hydrogen-bond donors (Lipinski definition) is 2. The zero-order valence-corrected chi connectivity index (χ0v) is 12.8. The topological polar surface area (TPSA) is 44.7 Å². The van der Waals surface area contributed by atoms with Crippen molar-refractivity contribution in [3.8, 4) is 0 Å². The monoisotopic (exact) mass is 296 g/mol. The van der Waals surface area contributed by atoms with Gasteiger partial charge in [0.25, 0.3) is 0 Å². The molecule has 2 rings (SSSR count). The van der Waals surface area contributed by atoms with Gasteiger partial charge in [0.2, 0.25) is 0 Å². The Hall–Kier alpha value is -1.17. The average molecular weight is 296 g/mol. The van der Waals surface area contributed by atoms with Crippen LogP contribution in [0.3, 0.4) is 0 Å². The Bertz CT molecular complexity index is 448. The maximum Gasteiger partial charge on any atom is 0.146 e. The lowest BCUT2D eigenvalue weighted by molar-refractivity contribution is 0.122. The highest BCUT2D eigenvalue weighted by Gasteiger charge is 2.16. The van der Waals surface area contributed by atoms with Crippen LogP contribution in [0.15, 0.2) is 18.2 Å². The molecule has 1 aromatic carbocycles. The molecule has 0 aromatic heterocycles. The first-order valence-electron chi connectivity index (χ1n) is 7.61. The molecule has 2 unspecified atom stereocenters. The van der Waals surface area contributed by atoms with Crippen LogP contribution in [0.5, 0.6) is 0 Å². The number of aliphatic hydroxyl groups excluding tert-OH is 1. The van der Waals surface area contributed by atoms with E-state index in [4.69, 9.17) is 4.74 Å². The first-order chi connectivity index (χ1) is 10.1. The van der Waals surface area contributed by atoms with Crippen LogP contribution in [0, 0.1) is 5.82 Å². The summed E-state index contributed by atoms with van der Waals surface area (Å²) in [4.78, 5) is 2.02. The van der Waals surface area contributed by atoms with E-state index in [1.165, 1.54) is 0 Å². The Morgan fingerprint density at radius 1 is 1.33 bits per heavy atom. The van der Waals surface area contributed by atoms with Crippen molar-refractivity contribution < 1.29 is 14.2 Å². The van der Waals surface area contributed by atoms with Crippen LogP contribution in [0.25, 0.3) is 0 Å². The van der Waals surface area contributed by atoms with Crippen LogP contribution in [-0.4, -0.2) is 44.1 Å². The molecule has 0 spiro atoms. The second-order valence-electron chi connectivity index (χ2n) is 5.62. The van der Waals surface area contributed by atoms with Gasteiger partial charge in [-0.3, -0.25) is 0 Å². The predicted octanol–water partition coefficient (Wildman–Crippen LogP) is 2.08. The number of nitrogens with zero attached hydrogens (tertiary/aromatic N) is 1. The largest absolute Gasteiger partial charge is 0.393 e. The third-order valence-corrected chi connectivity index (χ3v) is 3.84. The SMILES string of the molecule is CC(O)CCNC(C)c1ccc(N2CCOCC2)c(F)c1. The minimum atomic E-state index is -0.315. The van der Waals surface area contributed by atoms with Crippen molar-refractivity contribution >= 4 is 5.69 Å². The zero-order chi connectivity index (χ0) is 15.2. The molecule has 1 aliphatic rings. The van der Waals surface area contributed by atoms with Crippen LogP contribution in [0.2, 0.25) is 0 Å². The number of halogens is 1. The van der Waals surface area contributed by atoms with E-state index < -0.39 is 0 Å². The summed E-state index contributed by atoms with van der Waals surface area (Å²) in [7, 11) is 0. The number of nitrogens with one attached hydrogen (secondary N) is 1. The first-order valence-corrected chi connectivity index (χ1v) is 7.61. The summed E-state index contributed by atoms with van der Waals surface area (Å²) in [5, 5.41) is 12.5. The van der Waals surface area contributed by atoms with Gasteiger partial charge < -0.3 is 20.1 Å². The summed E-state index contributed by atoms with van der Waals surface area (Å²) in [5.74, 6) is -0.182. The van der Waals surface area contributed by atoms with E-state index in [-0.39, 0.29) is 18.0 Å². The molecule has 1 fully saturated rings. The molecule has 2 atom stereocenters. The van der Waals surface area contributed by atoms with Gasteiger partial charge in [-0.25, -0.2) is 4.39 Å². The van der Waals surface area contributed by atoms with Crippen LogP contribution < -0.4 is 10.2 Å². The quantitative estimate of drug-likeness (QED) is 0.844. The fourth-order valence-electron chi connectivity index (χ4n) is 2.48. The lowest BCUT2D eigenvalue weighted by atomic mass is 10.1. The molecule has 1 aromatic rings. The molecule has 1 heterocycles. The summed E-state index contributed by atoms with van der Waals surface area (Å²) in [5.41, 5.74) is 1.58. The molecular formula is C16H25FN2O2. The van der Waals surface area contributed by atoms with Gasteiger partial charge in [-0.2, -0.15) is 0 Å². The lowest BCUT2D eigenvalue weighted by Gasteiger charge is -2.29. The van der Waals surface area contributed by atoms with Gasteiger partial charge in [-0.1, -0.05) is 6.07 Å². The van der Waals surface area contributed by atoms with Gasteiger partial charge in [0.1, 0.15) is 5.82 Å². The summed E-state index contributed by atoms with van der Waals surface area (Å²) < 4.78 is 19.6. The number of rotatable bonds is 6. The fourth-order valence-corrected chi connectivity index (χ4v) is 2.48. The third kappa shape index (κ3) is 4.66. The van der Waals surface area contributed by atoms with Crippen LogP contribution >= 0.6 is 0 Å². The van der Waals surface area contributed by atoms with Crippen molar-refractivity contribution in [2.75, 3.05) is 37.7 Å². The molecular weight excluding hydrogens is 271 g/mol. The molecule has 0 amide bonds. The number of anilines is 1. The van der Waals surface area contributed by atoms with E-state index in [0.717, 1.165) is 18.7 Å². The molecule has 0 radical (unpaired) electrons. The van der Waals surface area contributed by atoms with E-state index in [2.05, 4.69) is 5.32 Å². The third-order valence-electron chi connectivity index (χ3n) is 3.84. The molecule has 1 saturated heterocycles. The molecule has 21 heavy (non-hydrogen) atoms. The van der Waals surface area contributed by atoms with Crippen molar-refractivity contribution in [3.63, 3.8) is 0 Å². The maximum absolute atomic E-state index is 14.3. The van der Waals surface area contributed by atoms with E-state index >= 15 is 0 Å². The van der Waals surface area contributed by atoms with Crippen molar-refractivity contribution in [1.29, 1.82) is 0 Å². The van der Waals surface area contributed by atoms with Gasteiger partial charge in [0.05, 0.1) is 25.0 Å². The summed E-state index contributed by atoms with van der Waals surface area (Å²) in [6, 6.07) is 5.48. The molecule has 5 heteroatoms. The Balaban J connectivity index is 1.97. The molecule has 118 valence electrons. The molecule has 1 aliphatic heterocycles. The molecule has 0 aliphatic carbocycles. The average Bonchev–Trinajstić information content (AvgIpc) is 2.47. The minimum Gasteiger partial charge on any atom is -0.393 e. The predicted molar refractivity (Wildman–Crippen MR) is 82.1 cm³/mol. The first kappa shape index (κ1) is 16.2. The van der Waals surface area contributed by atoms with Crippen LogP contribution in [0.1, 0.15) is 31.9 Å². The van der Waals surface area contributed by atoms with Gasteiger partial charge >= 0.3 is 0 Å². The van der Waals surface area contributed by atoms with Crippen molar-refractivity contribution in [1.82, 2.24) is 5.32 Å². The van der Waals surface area contributed by atoms with Gasteiger partial charge in [-0.05, 0) is 44.5 Å². The van der Waals surface area contributed by atoms with E-state index in [1.54, 1.807) is 13.0 Å². The summed E-state index contributed by atoms with van der Waals surface area (Å²) >= 11 is 0.